The molecular weight excluding hydrogens is 460 g/mol. The van der Waals surface area contributed by atoms with E-state index in [0.717, 1.165) is 11.1 Å². The van der Waals surface area contributed by atoms with Crippen molar-refractivity contribution >= 4 is 34.3 Å². The number of furan rings is 1. The van der Waals surface area contributed by atoms with Gasteiger partial charge in [-0.25, -0.2) is 4.98 Å². The summed E-state index contributed by atoms with van der Waals surface area (Å²) in [6.45, 7) is 4.21. The Labute approximate surface area is 198 Å². The van der Waals surface area contributed by atoms with E-state index < -0.39 is 0 Å². The Morgan fingerprint density at radius 1 is 1.12 bits per heavy atom. The number of nitrogens with zero attached hydrogens (tertiary/aromatic N) is 4. The summed E-state index contributed by atoms with van der Waals surface area (Å²) in [5.41, 5.74) is 2.36. The number of aromatic nitrogens is 4. The van der Waals surface area contributed by atoms with Crippen molar-refractivity contribution in [2.24, 2.45) is 0 Å². The number of thioether (sulfide) groups is 1. The molecule has 0 aliphatic rings. The molecule has 0 saturated carbocycles. The van der Waals surface area contributed by atoms with Gasteiger partial charge in [0.05, 0.1) is 29.0 Å². The maximum absolute atomic E-state index is 13.3. The standard InChI is InChI=1S/C24H19ClN4O3S/c1-14-5-7-16(8-6-14)22-28-27-21(32-22)15(2)33-24-26-20-12-17(25)9-10-19(20)23(30)29(24)13-18-4-3-11-31-18/h3-12,15H,13H2,1-2H3. The second-order valence-electron chi connectivity index (χ2n) is 7.60. The van der Waals surface area contributed by atoms with Crippen molar-refractivity contribution in [3.05, 3.63) is 93.5 Å². The third-order valence-electron chi connectivity index (χ3n) is 5.15. The van der Waals surface area contributed by atoms with E-state index in [4.69, 9.17) is 25.4 Å². The summed E-state index contributed by atoms with van der Waals surface area (Å²) in [5, 5.41) is 9.68. The second kappa shape index (κ2) is 8.88. The second-order valence-corrected chi connectivity index (χ2v) is 9.34. The predicted octanol–water partition coefficient (Wildman–Crippen LogP) is 5.90. The van der Waals surface area contributed by atoms with E-state index in [2.05, 4.69) is 10.2 Å². The van der Waals surface area contributed by atoms with Crippen molar-refractivity contribution in [2.75, 3.05) is 0 Å². The molecule has 5 rings (SSSR count). The molecule has 0 radical (unpaired) electrons. The Bertz CT molecular complexity index is 1480. The fraction of sp³-hybridized carbons (Fsp3) is 0.167. The zero-order valence-electron chi connectivity index (χ0n) is 17.9. The van der Waals surface area contributed by atoms with Gasteiger partial charge in [-0.15, -0.1) is 10.2 Å². The van der Waals surface area contributed by atoms with E-state index in [1.165, 1.54) is 11.8 Å². The minimum absolute atomic E-state index is 0.173. The van der Waals surface area contributed by atoms with Crippen LogP contribution in [0, 0.1) is 6.92 Å². The maximum atomic E-state index is 13.3. The van der Waals surface area contributed by atoms with Crippen LogP contribution in [0.25, 0.3) is 22.4 Å². The fourth-order valence-electron chi connectivity index (χ4n) is 3.38. The van der Waals surface area contributed by atoms with Gasteiger partial charge in [0, 0.05) is 10.6 Å². The molecule has 9 heteroatoms. The van der Waals surface area contributed by atoms with Crippen LogP contribution in [0.1, 0.15) is 29.4 Å². The summed E-state index contributed by atoms with van der Waals surface area (Å²) in [5.74, 6) is 1.55. The first kappa shape index (κ1) is 21.5. The van der Waals surface area contributed by atoms with E-state index in [-0.39, 0.29) is 17.4 Å². The Balaban J connectivity index is 1.51. The van der Waals surface area contributed by atoms with Gasteiger partial charge in [0.15, 0.2) is 5.16 Å². The maximum Gasteiger partial charge on any atom is 0.262 e. The van der Waals surface area contributed by atoms with E-state index >= 15 is 0 Å². The lowest BCUT2D eigenvalue weighted by Gasteiger charge is -2.14. The van der Waals surface area contributed by atoms with Gasteiger partial charge in [-0.3, -0.25) is 9.36 Å². The van der Waals surface area contributed by atoms with E-state index in [1.807, 2.05) is 44.2 Å². The van der Waals surface area contributed by atoms with Gasteiger partial charge in [0.1, 0.15) is 5.76 Å². The zero-order chi connectivity index (χ0) is 22.9. The van der Waals surface area contributed by atoms with Gasteiger partial charge in [0.25, 0.3) is 5.56 Å². The normalized spacial score (nSPS) is 12.3. The molecule has 1 atom stereocenters. The smallest absolute Gasteiger partial charge is 0.262 e. The first-order chi connectivity index (χ1) is 16.0. The first-order valence-electron chi connectivity index (χ1n) is 10.3. The molecule has 5 aromatic rings. The molecule has 0 fully saturated rings. The summed E-state index contributed by atoms with van der Waals surface area (Å²) in [6, 6.07) is 16.5. The Morgan fingerprint density at radius 3 is 2.70 bits per heavy atom. The van der Waals surface area contributed by atoms with Crippen LogP contribution in [-0.4, -0.2) is 19.7 Å². The number of rotatable bonds is 6. The number of halogens is 1. The van der Waals surface area contributed by atoms with Crippen LogP contribution in [0.2, 0.25) is 5.02 Å². The molecule has 0 spiro atoms. The van der Waals surface area contributed by atoms with Crippen molar-refractivity contribution in [3.63, 3.8) is 0 Å². The quantitative estimate of drug-likeness (QED) is 0.221. The van der Waals surface area contributed by atoms with Gasteiger partial charge in [-0.1, -0.05) is 41.1 Å². The summed E-state index contributed by atoms with van der Waals surface area (Å²) >= 11 is 7.51. The summed E-state index contributed by atoms with van der Waals surface area (Å²) in [4.78, 5) is 18.0. The third-order valence-corrected chi connectivity index (χ3v) is 6.46. The van der Waals surface area contributed by atoms with E-state index in [9.17, 15) is 4.79 Å². The highest BCUT2D eigenvalue weighted by atomic mass is 35.5. The minimum atomic E-state index is -0.247. The monoisotopic (exact) mass is 478 g/mol. The van der Waals surface area contributed by atoms with Crippen LogP contribution in [0.5, 0.6) is 0 Å². The molecule has 2 aromatic carbocycles. The topological polar surface area (TPSA) is 87.0 Å². The molecule has 3 heterocycles. The van der Waals surface area contributed by atoms with Crippen LogP contribution >= 0.6 is 23.4 Å². The van der Waals surface area contributed by atoms with Crippen LogP contribution < -0.4 is 5.56 Å². The summed E-state index contributed by atoms with van der Waals surface area (Å²) < 4.78 is 13.0. The van der Waals surface area contributed by atoms with Crippen molar-refractivity contribution in [3.8, 4) is 11.5 Å². The third kappa shape index (κ3) is 4.44. The molecule has 3 aromatic heterocycles. The van der Waals surface area contributed by atoms with Gasteiger partial charge < -0.3 is 8.83 Å². The SMILES string of the molecule is Cc1ccc(-c2nnc(C(C)Sc3nc4cc(Cl)ccc4c(=O)n3Cc3ccco3)o2)cc1. The van der Waals surface area contributed by atoms with Crippen molar-refractivity contribution in [1.82, 2.24) is 19.7 Å². The molecule has 0 aliphatic heterocycles. The molecule has 0 amide bonds. The number of benzene rings is 2. The highest BCUT2D eigenvalue weighted by Gasteiger charge is 2.21. The van der Waals surface area contributed by atoms with E-state index in [1.54, 1.807) is 35.1 Å². The number of hydrogen-bond acceptors (Lipinski definition) is 7. The predicted molar refractivity (Wildman–Crippen MR) is 128 cm³/mol. The van der Waals surface area contributed by atoms with Crippen LogP contribution in [-0.2, 0) is 6.54 Å². The molecule has 0 N–H and O–H groups in total. The van der Waals surface area contributed by atoms with Gasteiger partial charge >= 0.3 is 0 Å². The molecule has 0 saturated heterocycles. The van der Waals surface area contributed by atoms with Crippen LogP contribution in [0.3, 0.4) is 0 Å². The summed E-state index contributed by atoms with van der Waals surface area (Å²) in [7, 11) is 0. The number of fused-ring (bicyclic) bond motifs is 1. The Kier molecular flexibility index (Phi) is 5.78. The average Bonchev–Trinajstić information content (AvgIpc) is 3.49. The first-order valence-corrected chi connectivity index (χ1v) is 11.5. The molecule has 166 valence electrons. The largest absolute Gasteiger partial charge is 0.467 e. The highest BCUT2D eigenvalue weighted by Crippen LogP contribution is 2.35. The van der Waals surface area contributed by atoms with Crippen molar-refractivity contribution in [2.45, 2.75) is 30.8 Å². The molecular formula is C24H19ClN4O3S. The average molecular weight is 479 g/mol. The van der Waals surface area contributed by atoms with Gasteiger partial charge in [0.2, 0.25) is 11.8 Å². The highest BCUT2D eigenvalue weighted by molar-refractivity contribution is 7.99. The number of aryl methyl sites for hydroxylation is 1. The minimum Gasteiger partial charge on any atom is -0.467 e. The van der Waals surface area contributed by atoms with Crippen LogP contribution in [0.4, 0.5) is 0 Å². The van der Waals surface area contributed by atoms with Crippen molar-refractivity contribution in [1.29, 1.82) is 0 Å². The molecule has 33 heavy (non-hydrogen) atoms. The van der Waals surface area contributed by atoms with E-state index in [0.29, 0.717) is 38.6 Å². The molecule has 0 bridgehead atoms. The lowest BCUT2D eigenvalue weighted by molar-refractivity contribution is 0.475. The Morgan fingerprint density at radius 2 is 1.94 bits per heavy atom. The molecule has 1 unspecified atom stereocenters. The van der Waals surface area contributed by atoms with Gasteiger partial charge in [-0.2, -0.15) is 0 Å². The van der Waals surface area contributed by atoms with Crippen LogP contribution in [0.15, 0.2) is 79.6 Å². The Hall–Kier alpha value is -3.36. The lowest BCUT2D eigenvalue weighted by atomic mass is 10.1. The molecule has 7 nitrogen and oxygen atoms in total. The fourth-order valence-corrected chi connectivity index (χ4v) is 4.49. The van der Waals surface area contributed by atoms with Gasteiger partial charge in [-0.05, 0) is 56.3 Å². The lowest BCUT2D eigenvalue weighted by Crippen LogP contribution is -2.24. The van der Waals surface area contributed by atoms with Crippen molar-refractivity contribution < 1.29 is 8.83 Å². The number of hydrogen-bond donors (Lipinski definition) is 0. The zero-order valence-corrected chi connectivity index (χ0v) is 19.4. The molecule has 0 aliphatic carbocycles. The summed E-state index contributed by atoms with van der Waals surface area (Å²) in [6.07, 6.45) is 1.58.